The van der Waals surface area contributed by atoms with Crippen LogP contribution in [0.1, 0.15) is 28.2 Å². The zero-order valence-corrected chi connectivity index (χ0v) is 10.3. The monoisotopic (exact) mass is 260 g/mol. The first-order valence-electron chi connectivity index (χ1n) is 4.49. The lowest BCUT2D eigenvalue weighted by Crippen LogP contribution is -2.06. The third-order valence-corrected chi connectivity index (χ3v) is 2.77. The highest BCUT2D eigenvalue weighted by Gasteiger charge is 2.16. The molecule has 0 amide bonds. The maximum atomic E-state index is 11.3. The van der Waals surface area contributed by atoms with Crippen molar-refractivity contribution in [1.29, 1.82) is 0 Å². The summed E-state index contributed by atoms with van der Waals surface area (Å²) in [5, 5.41) is -0.466. The van der Waals surface area contributed by atoms with Crippen LogP contribution in [-0.2, 0) is 9.53 Å². The second-order valence-electron chi connectivity index (χ2n) is 3.24. The SMILES string of the molecule is COC(=O)c1cc(Cl)cc(C(Cl)C(C)=O)c1. The Morgan fingerprint density at radius 3 is 2.44 bits per heavy atom. The molecule has 1 unspecified atom stereocenters. The van der Waals surface area contributed by atoms with Crippen LogP contribution in [0.5, 0.6) is 0 Å². The number of halogens is 2. The predicted octanol–water partition coefficient (Wildman–Crippen LogP) is 3.00. The normalized spacial score (nSPS) is 12.0. The fourth-order valence-corrected chi connectivity index (χ4v) is 1.60. The summed E-state index contributed by atoms with van der Waals surface area (Å²) in [5.41, 5.74) is 0.763. The first kappa shape index (κ1) is 13.0. The van der Waals surface area contributed by atoms with Gasteiger partial charge in [0.05, 0.1) is 12.7 Å². The van der Waals surface area contributed by atoms with Crippen molar-refractivity contribution >= 4 is 35.0 Å². The summed E-state index contributed by atoms with van der Waals surface area (Å²) < 4.78 is 4.56. The van der Waals surface area contributed by atoms with Gasteiger partial charge in [-0.3, -0.25) is 4.79 Å². The van der Waals surface area contributed by atoms with E-state index in [1.807, 2.05) is 0 Å². The number of benzene rings is 1. The van der Waals surface area contributed by atoms with Crippen molar-refractivity contribution in [3.8, 4) is 0 Å². The number of alkyl halides is 1. The van der Waals surface area contributed by atoms with Gasteiger partial charge in [0.15, 0.2) is 5.78 Å². The smallest absolute Gasteiger partial charge is 0.337 e. The third-order valence-electron chi connectivity index (χ3n) is 1.99. The lowest BCUT2D eigenvalue weighted by Gasteiger charge is -2.08. The van der Waals surface area contributed by atoms with Crippen molar-refractivity contribution in [1.82, 2.24) is 0 Å². The number of hydrogen-bond donors (Lipinski definition) is 0. The van der Waals surface area contributed by atoms with E-state index in [1.54, 1.807) is 6.07 Å². The van der Waals surface area contributed by atoms with Gasteiger partial charge >= 0.3 is 5.97 Å². The van der Waals surface area contributed by atoms with E-state index < -0.39 is 11.3 Å². The number of hydrogen-bond acceptors (Lipinski definition) is 3. The number of carbonyl (C=O) groups is 2. The van der Waals surface area contributed by atoms with E-state index >= 15 is 0 Å². The van der Waals surface area contributed by atoms with Crippen LogP contribution in [-0.4, -0.2) is 18.9 Å². The molecule has 1 aromatic carbocycles. The standard InChI is InChI=1S/C11H10Cl2O3/c1-6(14)10(13)7-3-8(11(15)16-2)5-9(12)4-7/h3-5,10H,1-2H3. The zero-order chi connectivity index (χ0) is 12.3. The summed E-state index contributed by atoms with van der Waals surface area (Å²) in [4.78, 5) is 22.4. The summed E-state index contributed by atoms with van der Waals surface area (Å²) in [6.07, 6.45) is 0. The maximum Gasteiger partial charge on any atom is 0.337 e. The van der Waals surface area contributed by atoms with Crippen molar-refractivity contribution in [3.05, 3.63) is 34.3 Å². The molecule has 1 rings (SSSR count). The number of esters is 1. The van der Waals surface area contributed by atoms with Crippen LogP contribution in [0.2, 0.25) is 5.02 Å². The molecule has 0 fully saturated rings. The molecule has 0 aliphatic heterocycles. The fraction of sp³-hybridized carbons (Fsp3) is 0.273. The van der Waals surface area contributed by atoms with Crippen molar-refractivity contribution in [2.24, 2.45) is 0 Å². The van der Waals surface area contributed by atoms with Crippen LogP contribution in [0.15, 0.2) is 18.2 Å². The van der Waals surface area contributed by atoms with E-state index in [1.165, 1.54) is 26.2 Å². The molecule has 0 aliphatic rings. The fourth-order valence-electron chi connectivity index (χ4n) is 1.23. The van der Waals surface area contributed by atoms with Gasteiger partial charge < -0.3 is 4.74 Å². The average molecular weight is 261 g/mol. The molecule has 3 nitrogen and oxygen atoms in total. The minimum atomic E-state index is -0.804. The summed E-state index contributed by atoms with van der Waals surface area (Å²) in [7, 11) is 1.27. The Morgan fingerprint density at radius 2 is 1.94 bits per heavy atom. The Labute approximate surface area is 103 Å². The van der Waals surface area contributed by atoms with E-state index in [9.17, 15) is 9.59 Å². The van der Waals surface area contributed by atoms with Gasteiger partial charge in [-0.2, -0.15) is 0 Å². The van der Waals surface area contributed by atoms with E-state index in [2.05, 4.69) is 4.74 Å². The Kier molecular flexibility index (Phi) is 4.33. The molecule has 0 heterocycles. The van der Waals surface area contributed by atoms with Crippen molar-refractivity contribution in [2.75, 3.05) is 7.11 Å². The van der Waals surface area contributed by atoms with Gasteiger partial charge in [0.2, 0.25) is 0 Å². The highest BCUT2D eigenvalue weighted by atomic mass is 35.5. The van der Waals surface area contributed by atoms with E-state index in [4.69, 9.17) is 23.2 Å². The molecule has 0 spiro atoms. The number of ketones is 1. The Hall–Kier alpha value is -1.06. The van der Waals surface area contributed by atoms with Crippen LogP contribution >= 0.6 is 23.2 Å². The highest BCUT2D eigenvalue weighted by molar-refractivity contribution is 6.32. The van der Waals surface area contributed by atoms with Crippen molar-refractivity contribution in [2.45, 2.75) is 12.3 Å². The van der Waals surface area contributed by atoms with E-state index in [0.29, 0.717) is 10.6 Å². The van der Waals surface area contributed by atoms with Gasteiger partial charge in [-0.05, 0) is 30.7 Å². The summed E-state index contributed by atoms with van der Waals surface area (Å²) >= 11 is 11.7. The summed E-state index contributed by atoms with van der Waals surface area (Å²) in [6, 6.07) is 4.50. The highest BCUT2D eigenvalue weighted by Crippen LogP contribution is 2.26. The summed E-state index contributed by atoms with van der Waals surface area (Å²) in [5.74, 6) is -0.726. The van der Waals surface area contributed by atoms with Gasteiger partial charge in [-0.15, -0.1) is 11.6 Å². The molecule has 0 aromatic heterocycles. The van der Waals surface area contributed by atoms with Crippen LogP contribution in [0.4, 0.5) is 0 Å². The first-order valence-corrected chi connectivity index (χ1v) is 5.30. The van der Waals surface area contributed by atoms with E-state index in [-0.39, 0.29) is 11.3 Å². The number of carbonyl (C=O) groups excluding carboxylic acids is 2. The quantitative estimate of drug-likeness (QED) is 0.620. The van der Waals surface area contributed by atoms with Gasteiger partial charge in [0.25, 0.3) is 0 Å². The van der Waals surface area contributed by atoms with E-state index in [0.717, 1.165) is 0 Å². The van der Waals surface area contributed by atoms with Gasteiger partial charge in [0.1, 0.15) is 5.38 Å². The minimum Gasteiger partial charge on any atom is -0.465 e. The third kappa shape index (κ3) is 2.97. The van der Waals surface area contributed by atoms with Crippen molar-refractivity contribution in [3.63, 3.8) is 0 Å². The Morgan fingerprint density at radius 1 is 1.31 bits per heavy atom. The first-order chi connectivity index (χ1) is 7.45. The molecule has 1 atom stereocenters. The maximum absolute atomic E-state index is 11.3. The largest absolute Gasteiger partial charge is 0.465 e. The Bertz CT molecular complexity index is 429. The topological polar surface area (TPSA) is 43.4 Å². The minimum absolute atomic E-state index is 0.209. The molecule has 0 aliphatic carbocycles. The number of methoxy groups -OCH3 is 1. The van der Waals surface area contributed by atoms with Crippen LogP contribution in [0, 0.1) is 0 Å². The molecule has 0 saturated carbocycles. The molecule has 0 N–H and O–H groups in total. The average Bonchev–Trinajstić information content (AvgIpc) is 2.25. The van der Waals surface area contributed by atoms with Crippen LogP contribution in [0.3, 0.4) is 0 Å². The molecule has 0 bridgehead atoms. The molecule has 0 saturated heterocycles. The Balaban J connectivity index is 3.17. The second kappa shape index (κ2) is 5.32. The molecule has 5 heteroatoms. The molecule has 16 heavy (non-hydrogen) atoms. The predicted molar refractivity (Wildman–Crippen MR) is 62.1 cm³/mol. The number of ether oxygens (including phenoxy) is 1. The van der Waals surface area contributed by atoms with Gasteiger partial charge in [0, 0.05) is 5.02 Å². The molecule has 1 aromatic rings. The van der Waals surface area contributed by atoms with Crippen molar-refractivity contribution < 1.29 is 14.3 Å². The molecular formula is C11H10Cl2O3. The summed E-state index contributed by atoms with van der Waals surface area (Å²) in [6.45, 7) is 1.37. The molecule has 86 valence electrons. The number of rotatable bonds is 3. The van der Waals surface area contributed by atoms with Crippen LogP contribution < -0.4 is 0 Å². The molecule has 0 radical (unpaired) electrons. The van der Waals surface area contributed by atoms with Crippen LogP contribution in [0.25, 0.3) is 0 Å². The van der Waals surface area contributed by atoms with Gasteiger partial charge in [-0.1, -0.05) is 11.6 Å². The zero-order valence-electron chi connectivity index (χ0n) is 8.79. The molecular weight excluding hydrogens is 251 g/mol. The lowest BCUT2D eigenvalue weighted by atomic mass is 10.1. The lowest BCUT2D eigenvalue weighted by molar-refractivity contribution is -0.116. The number of Topliss-reactive ketones (excluding diaryl/α,β-unsaturated/α-hetero) is 1. The second-order valence-corrected chi connectivity index (χ2v) is 4.11. The van der Waals surface area contributed by atoms with Gasteiger partial charge in [-0.25, -0.2) is 4.79 Å².